The molecule has 2 atom stereocenters. The highest BCUT2D eigenvalue weighted by atomic mass is 127. The smallest absolute Gasteiger partial charge is 0.215 e. The second kappa shape index (κ2) is 10.5. The van der Waals surface area contributed by atoms with E-state index < -0.39 is 10.0 Å². The van der Waals surface area contributed by atoms with Gasteiger partial charge in [0, 0.05) is 26.7 Å². The van der Waals surface area contributed by atoms with Gasteiger partial charge in [0.2, 0.25) is 10.0 Å². The molecular weight excluding hydrogens is 463 g/mol. The molecule has 1 heterocycles. The van der Waals surface area contributed by atoms with E-state index in [0.29, 0.717) is 18.4 Å². The van der Waals surface area contributed by atoms with Crippen LogP contribution in [0.5, 0.6) is 0 Å². The number of likely N-dealkylation sites (tertiary alicyclic amines) is 1. The Morgan fingerprint density at radius 2 is 1.69 bits per heavy atom. The third-order valence-corrected chi connectivity index (χ3v) is 5.86. The van der Waals surface area contributed by atoms with Crippen molar-refractivity contribution in [2.45, 2.75) is 32.6 Å². The van der Waals surface area contributed by atoms with Gasteiger partial charge in [0.05, 0.1) is 5.75 Å². The number of hydrogen-bond donors (Lipinski definition) is 2. The van der Waals surface area contributed by atoms with Gasteiger partial charge in [-0.05, 0) is 36.4 Å². The summed E-state index contributed by atoms with van der Waals surface area (Å²) in [4.78, 5) is 6.74. The molecule has 0 amide bonds. The number of sulfonamides is 1. The number of nitrogens with zero attached hydrogens (tertiary/aromatic N) is 2. The normalized spacial score (nSPS) is 21.2. The number of benzene rings is 1. The number of guanidine groups is 1. The van der Waals surface area contributed by atoms with Crippen LogP contribution in [0.2, 0.25) is 0 Å². The molecule has 0 saturated carbocycles. The predicted octanol–water partition coefficient (Wildman–Crippen LogP) is 2.41. The number of piperidine rings is 1. The van der Waals surface area contributed by atoms with Crippen molar-refractivity contribution in [1.29, 1.82) is 0 Å². The van der Waals surface area contributed by atoms with Crippen molar-refractivity contribution >= 4 is 40.0 Å². The van der Waals surface area contributed by atoms with E-state index in [0.717, 1.165) is 30.2 Å². The molecule has 26 heavy (non-hydrogen) atoms. The molecule has 1 aromatic rings. The fraction of sp³-hybridized carbons (Fsp3) is 0.611. The molecule has 1 aromatic carbocycles. The molecule has 0 bridgehead atoms. The quantitative estimate of drug-likeness (QED) is 0.375. The Morgan fingerprint density at radius 1 is 1.15 bits per heavy atom. The lowest BCUT2D eigenvalue weighted by atomic mass is 9.92. The lowest BCUT2D eigenvalue weighted by molar-refractivity contribution is 0.208. The third-order valence-electron chi connectivity index (χ3n) is 4.52. The van der Waals surface area contributed by atoms with Gasteiger partial charge in [-0.25, -0.2) is 13.1 Å². The lowest BCUT2D eigenvalue weighted by Gasteiger charge is -2.37. The molecule has 0 aliphatic carbocycles. The zero-order valence-corrected chi connectivity index (χ0v) is 19.2. The first-order valence-electron chi connectivity index (χ1n) is 8.77. The first-order chi connectivity index (χ1) is 11.8. The summed E-state index contributed by atoms with van der Waals surface area (Å²) in [6.07, 6.45) is 1.27. The van der Waals surface area contributed by atoms with Crippen molar-refractivity contribution in [3.8, 4) is 0 Å². The molecule has 0 radical (unpaired) electrons. The maximum atomic E-state index is 11.6. The lowest BCUT2D eigenvalue weighted by Crippen LogP contribution is -2.48. The topological polar surface area (TPSA) is 73.8 Å². The van der Waals surface area contributed by atoms with Crippen molar-refractivity contribution in [2.24, 2.45) is 16.8 Å². The fourth-order valence-corrected chi connectivity index (χ4v) is 4.17. The standard InChI is InChI=1S/C18H30N4O2S.HI/c1-14-9-15(2)12-22(11-14)18(19-3)21-10-16-5-7-17(8-6-16)13-25(23,24)20-4;/h5-8,14-15,20H,9-13H2,1-4H3,(H,19,21);1H. The predicted molar refractivity (Wildman–Crippen MR) is 118 cm³/mol. The monoisotopic (exact) mass is 494 g/mol. The largest absolute Gasteiger partial charge is 0.352 e. The number of halogens is 1. The molecule has 8 heteroatoms. The Morgan fingerprint density at radius 3 is 2.19 bits per heavy atom. The molecule has 1 aliphatic heterocycles. The zero-order chi connectivity index (χ0) is 18.4. The summed E-state index contributed by atoms with van der Waals surface area (Å²) in [6.45, 7) is 7.31. The zero-order valence-electron chi connectivity index (χ0n) is 16.0. The maximum absolute atomic E-state index is 11.6. The van der Waals surface area contributed by atoms with Crippen LogP contribution in [0.25, 0.3) is 0 Å². The molecule has 1 aliphatic rings. The number of rotatable bonds is 5. The summed E-state index contributed by atoms with van der Waals surface area (Å²) in [5.41, 5.74) is 1.88. The van der Waals surface area contributed by atoms with Gasteiger partial charge in [0.25, 0.3) is 0 Å². The molecule has 148 valence electrons. The van der Waals surface area contributed by atoms with Gasteiger partial charge in [0.15, 0.2) is 5.96 Å². The molecule has 6 nitrogen and oxygen atoms in total. The van der Waals surface area contributed by atoms with Crippen molar-refractivity contribution in [2.75, 3.05) is 27.2 Å². The average molecular weight is 494 g/mol. The summed E-state index contributed by atoms with van der Waals surface area (Å²) in [5, 5.41) is 3.42. The number of aliphatic imine (C=N–C) groups is 1. The summed E-state index contributed by atoms with van der Waals surface area (Å²) in [5.74, 6) is 2.29. The van der Waals surface area contributed by atoms with Crippen LogP contribution >= 0.6 is 24.0 Å². The van der Waals surface area contributed by atoms with Crippen LogP contribution in [0.1, 0.15) is 31.4 Å². The van der Waals surface area contributed by atoms with Crippen molar-refractivity contribution < 1.29 is 8.42 Å². The Balaban J connectivity index is 0.00000338. The van der Waals surface area contributed by atoms with E-state index in [9.17, 15) is 8.42 Å². The average Bonchev–Trinajstić information content (AvgIpc) is 2.56. The molecule has 2 N–H and O–H groups in total. The van der Waals surface area contributed by atoms with Crippen LogP contribution in [-0.2, 0) is 22.3 Å². The Hall–Kier alpha value is -0.870. The summed E-state index contributed by atoms with van der Waals surface area (Å²) < 4.78 is 25.5. The van der Waals surface area contributed by atoms with E-state index in [4.69, 9.17) is 0 Å². The molecule has 1 saturated heterocycles. The van der Waals surface area contributed by atoms with Crippen LogP contribution in [0, 0.1) is 11.8 Å². The molecule has 1 fully saturated rings. The van der Waals surface area contributed by atoms with E-state index in [-0.39, 0.29) is 29.7 Å². The summed E-state index contributed by atoms with van der Waals surface area (Å²) in [7, 11) is 0.0180. The fourth-order valence-electron chi connectivity index (χ4n) is 3.39. The van der Waals surface area contributed by atoms with Crippen molar-refractivity contribution in [3.63, 3.8) is 0 Å². The van der Waals surface area contributed by atoms with Gasteiger partial charge < -0.3 is 10.2 Å². The number of hydrogen-bond acceptors (Lipinski definition) is 3. The first kappa shape index (κ1) is 23.2. The molecule has 2 rings (SSSR count). The van der Waals surface area contributed by atoms with Crippen LogP contribution in [0.3, 0.4) is 0 Å². The second-order valence-corrected chi connectivity index (χ2v) is 8.96. The molecular formula is C18H31IN4O2S. The third kappa shape index (κ3) is 7.03. The van der Waals surface area contributed by atoms with E-state index in [1.807, 2.05) is 31.3 Å². The summed E-state index contributed by atoms with van der Waals surface area (Å²) >= 11 is 0. The van der Waals surface area contributed by atoms with Crippen LogP contribution in [-0.4, -0.2) is 46.5 Å². The van der Waals surface area contributed by atoms with Gasteiger partial charge in [-0.1, -0.05) is 38.1 Å². The Bertz CT molecular complexity index is 682. The second-order valence-electron chi connectivity index (χ2n) is 7.03. The minimum Gasteiger partial charge on any atom is -0.352 e. The van der Waals surface area contributed by atoms with Gasteiger partial charge >= 0.3 is 0 Å². The maximum Gasteiger partial charge on any atom is 0.215 e. The molecule has 0 spiro atoms. The SMILES string of the molecule is CN=C(NCc1ccc(CS(=O)(=O)NC)cc1)N1CC(C)CC(C)C1.I. The van der Waals surface area contributed by atoms with Gasteiger partial charge in [-0.3, -0.25) is 4.99 Å². The van der Waals surface area contributed by atoms with Crippen LogP contribution in [0.15, 0.2) is 29.3 Å². The minimum absolute atomic E-state index is 0. The molecule has 0 aromatic heterocycles. The first-order valence-corrected chi connectivity index (χ1v) is 10.4. The number of nitrogens with one attached hydrogen (secondary N) is 2. The van der Waals surface area contributed by atoms with Crippen molar-refractivity contribution in [3.05, 3.63) is 35.4 Å². The highest BCUT2D eigenvalue weighted by Gasteiger charge is 2.23. The van der Waals surface area contributed by atoms with E-state index in [2.05, 4.69) is 33.8 Å². The Kier molecular flexibility index (Phi) is 9.32. The highest BCUT2D eigenvalue weighted by Crippen LogP contribution is 2.21. The van der Waals surface area contributed by atoms with E-state index in [1.54, 1.807) is 0 Å². The minimum atomic E-state index is -3.23. The van der Waals surface area contributed by atoms with E-state index in [1.165, 1.54) is 13.5 Å². The summed E-state index contributed by atoms with van der Waals surface area (Å²) in [6, 6.07) is 7.64. The van der Waals surface area contributed by atoms with Gasteiger partial charge in [-0.2, -0.15) is 0 Å². The van der Waals surface area contributed by atoms with Crippen molar-refractivity contribution in [1.82, 2.24) is 14.9 Å². The Labute approximate surface area is 174 Å². The van der Waals surface area contributed by atoms with E-state index >= 15 is 0 Å². The van der Waals surface area contributed by atoms with Crippen LogP contribution in [0.4, 0.5) is 0 Å². The highest BCUT2D eigenvalue weighted by molar-refractivity contribution is 14.0. The van der Waals surface area contributed by atoms with Gasteiger partial charge in [0.1, 0.15) is 0 Å². The molecule has 2 unspecified atom stereocenters. The van der Waals surface area contributed by atoms with Crippen LogP contribution < -0.4 is 10.0 Å². The van der Waals surface area contributed by atoms with Gasteiger partial charge in [-0.15, -0.1) is 24.0 Å².